The fourth-order valence-corrected chi connectivity index (χ4v) is 1.56. The van der Waals surface area contributed by atoms with Crippen molar-refractivity contribution in [1.82, 2.24) is 0 Å². The smallest absolute Gasteiger partial charge is 0.00159 e. The van der Waals surface area contributed by atoms with Gasteiger partial charge < -0.3 is 0 Å². The van der Waals surface area contributed by atoms with Crippen molar-refractivity contribution in [3.8, 4) is 0 Å². The first kappa shape index (κ1) is 11.4. The summed E-state index contributed by atoms with van der Waals surface area (Å²) >= 11 is 1.99. The Balaban J connectivity index is 2.89. The number of hydrogen-bond acceptors (Lipinski definition) is 1. The summed E-state index contributed by atoms with van der Waals surface area (Å²) < 4.78 is 0. The molecular weight excluding hydrogens is 152 g/mol. The average molecular weight is 174 g/mol. The first-order valence-electron chi connectivity index (χ1n) is 4.84. The highest BCUT2D eigenvalue weighted by molar-refractivity contribution is 7.99. The summed E-state index contributed by atoms with van der Waals surface area (Å²) in [4.78, 5) is 0. The van der Waals surface area contributed by atoms with Crippen molar-refractivity contribution < 1.29 is 0 Å². The van der Waals surface area contributed by atoms with Gasteiger partial charge in [0.2, 0.25) is 0 Å². The molecule has 0 aliphatic rings. The quantitative estimate of drug-likeness (QED) is 0.524. The van der Waals surface area contributed by atoms with Gasteiger partial charge in [-0.15, -0.1) is 0 Å². The van der Waals surface area contributed by atoms with Crippen LogP contribution in [-0.4, -0.2) is 11.5 Å². The molecule has 68 valence electrons. The highest BCUT2D eigenvalue weighted by Gasteiger charge is 1.97. The van der Waals surface area contributed by atoms with Crippen LogP contribution in [0, 0.1) is 0 Å². The van der Waals surface area contributed by atoms with Gasteiger partial charge in [-0.25, -0.2) is 0 Å². The molecule has 0 spiro atoms. The van der Waals surface area contributed by atoms with Crippen molar-refractivity contribution in [1.29, 1.82) is 0 Å². The molecule has 0 radical (unpaired) electrons. The molecule has 0 aromatic carbocycles. The third-order valence-corrected chi connectivity index (χ3v) is 3.16. The van der Waals surface area contributed by atoms with E-state index in [-0.39, 0.29) is 0 Å². The zero-order valence-corrected chi connectivity index (χ0v) is 9.04. The van der Waals surface area contributed by atoms with Crippen LogP contribution in [0.4, 0.5) is 0 Å². The second-order valence-corrected chi connectivity index (χ2v) is 4.53. The minimum Gasteiger partial charge on any atom is -0.162 e. The van der Waals surface area contributed by atoms with Gasteiger partial charge in [-0.3, -0.25) is 0 Å². The predicted molar refractivity (Wildman–Crippen MR) is 56.4 cm³/mol. The van der Waals surface area contributed by atoms with Gasteiger partial charge in [0.05, 0.1) is 0 Å². The molecular formula is C10H22S. The summed E-state index contributed by atoms with van der Waals surface area (Å²) in [6.45, 7) is 4.59. The van der Waals surface area contributed by atoms with Crippen molar-refractivity contribution in [2.75, 3.05) is 6.26 Å². The molecule has 0 amide bonds. The van der Waals surface area contributed by atoms with Gasteiger partial charge in [0.25, 0.3) is 0 Å². The maximum absolute atomic E-state index is 2.32. The van der Waals surface area contributed by atoms with E-state index in [2.05, 4.69) is 20.1 Å². The van der Waals surface area contributed by atoms with E-state index in [1.807, 2.05) is 11.8 Å². The van der Waals surface area contributed by atoms with Gasteiger partial charge in [-0.2, -0.15) is 11.8 Å². The van der Waals surface area contributed by atoms with Gasteiger partial charge in [-0.1, -0.05) is 46.0 Å². The third-order valence-electron chi connectivity index (χ3n) is 2.12. The van der Waals surface area contributed by atoms with E-state index in [1.165, 1.54) is 38.5 Å². The van der Waals surface area contributed by atoms with Crippen molar-refractivity contribution in [3.05, 3.63) is 0 Å². The van der Waals surface area contributed by atoms with E-state index >= 15 is 0 Å². The highest BCUT2D eigenvalue weighted by Crippen LogP contribution is 2.14. The second-order valence-electron chi connectivity index (χ2n) is 3.25. The number of hydrogen-bond donors (Lipinski definition) is 0. The van der Waals surface area contributed by atoms with Crippen LogP contribution in [0.5, 0.6) is 0 Å². The van der Waals surface area contributed by atoms with E-state index in [0.29, 0.717) is 0 Å². The minimum absolute atomic E-state index is 0.872. The Labute approximate surface area is 76.1 Å². The van der Waals surface area contributed by atoms with Crippen molar-refractivity contribution in [2.24, 2.45) is 0 Å². The maximum Gasteiger partial charge on any atom is 0.00159 e. The van der Waals surface area contributed by atoms with E-state index in [9.17, 15) is 0 Å². The van der Waals surface area contributed by atoms with Crippen LogP contribution in [-0.2, 0) is 0 Å². The van der Waals surface area contributed by atoms with Crippen molar-refractivity contribution in [2.45, 2.75) is 57.6 Å². The van der Waals surface area contributed by atoms with Crippen LogP contribution >= 0.6 is 11.8 Å². The van der Waals surface area contributed by atoms with Gasteiger partial charge >= 0.3 is 0 Å². The lowest BCUT2D eigenvalue weighted by molar-refractivity contribution is 0.607. The predicted octanol–water partition coefficient (Wildman–Crippen LogP) is 4.10. The van der Waals surface area contributed by atoms with Gasteiger partial charge in [-0.05, 0) is 12.7 Å². The van der Waals surface area contributed by atoms with Crippen LogP contribution in [0.3, 0.4) is 0 Å². The molecule has 0 fully saturated rings. The molecule has 0 heterocycles. The van der Waals surface area contributed by atoms with Crippen LogP contribution in [0.2, 0.25) is 0 Å². The lowest BCUT2D eigenvalue weighted by Gasteiger charge is -2.06. The Morgan fingerprint density at radius 2 is 1.73 bits per heavy atom. The van der Waals surface area contributed by atoms with Crippen LogP contribution in [0.15, 0.2) is 0 Å². The van der Waals surface area contributed by atoms with E-state index in [1.54, 1.807) is 0 Å². The molecule has 1 unspecified atom stereocenters. The first-order chi connectivity index (χ1) is 5.31. The average Bonchev–Trinajstić information content (AvgIpc) is 2.04. The lowest BCUT2D eigenvalue weighted by Crippen LogP contribution is -1.93. The highest BCUT2D eigenvalue weighted by atomic mass is 32.2. The Morgan fingerprint density at radius 1 is 1.09 bits per heavy atom. The number of unbranched alkanes of at least 4 members (excludes halogenated alkanes) is 4. The Bertz CT molecular complexity index is 71.3. The fraction of sp³-hybridized carbons (Fsp3) is 1.00. The van der Waals surface area contributed by atoms with Crippen LogP contribution < -0.4 is 0 Å². The molecule has 0 bridgehead atoms. The minimum atomic E-state index is 0.872. The van der Waals surface area contributed by atoms with Crippen LogP contribution in [0.25, 0.3) is 0 Å². The molecule has 0 rings (SSSR count). The van der Waals surface area contributed by atoms with E-state index in [4.69, 9.17) is 0 Å². The Hall–Kier alpha value is 0.350. The molecule has 1 atom stereocenters. The lowest BCUT2D eigenvalue weighted by atomic mass is 10.1. The molecule has 0 nitrogen and oxygen atoms in total. The van der Waals surface area contributed by atoms with Crippen molar-refractivity contribution >= 4 is 11.8 Å². The molecule has 11 heavy (non-hydrogen) atoms. The topological polar surface area (TPSA) is 0 Å². The summed E-state index contributed by atoms with van der Waals surface area (Å²) in [6.07, 6.45) is 10.7. The third kappa shape index (κ3) is 8.25. The van der Waals surface area contributed by atoms with Gasteiger partial charge in [0.15, 0.2) is 0 Å². The van der Waals surface area contributed by atoms with Gasteiger partial charge in [0.1, 0.15) is 0 Å². The standard InChI is InChI=1S/C10H22S/c1-4-5-6-7-8-9-10(2)11-3/h10H,4-9H2,1-3H3. The van der Waals surface area contributed by atoms with E-state index < -0.39 is 0 Å². The zero-order valence-electron chi connectivity index (χ0n) is 8.23. The molecule has 0 saturated carbocycles. The van der Waals surface area contributed by atoms with Crippen molar-refractivity contribution in [3.63, 3.8) is 0 Å². The first-order valence-corrected chi connectivity index (χ1v) is 6.12. The zero-order chi connectivity index (χ0) is 8.53. The maximum atomic E-state index is 2.32. The molecule has 0 aromatic heterocycles. The molecule has 0 saturated heterocycles. The fourth-order valence-electron chi connectivity index (χ4n) is 1.15. The molecule has 1 heteroatoms. The molecule has 0 N–H and O–H groups in total. The van der Waals surface area contributed by atoms with Crippen LogP contribution in [0.1, 0.15) is 52.4 Å². The summed E-state index contributed by atoms with van der Waals surface area (Å²) in [6, 6.07) is 0. The Morgan fingerprint density at radius 3 is 2.27 bits per heavy atom. The Kier molecular flexibility index (Phi) is 8.72. The number of rotatable bonds is 7. The summed E-state index contributed by atoms with van der Waals surface area (Å²) in [5.41, 5.74) is 0. The summed E-state index contributed by atoms with van der Waals surface area (Å²) in [5.74, 6) is 0. The normalized spacial score (nSPS) is 13.4. The summed E-state index contributed by atoms with van der Waals surface area (Å²) in [5, 5.41) is 0.872. The largest absolute Gasteiger partial charge is 0.162 e. The second kappa shape index (κ2) is 8.45. The SMILES string of the molecule is CCCCCCCC(C)SC. The van der Waals surface area contributed by atoms with Gasteiger partial charge in [0, 0.05) is 5.25 Å². The molecule has 0 aliphatic carbocycles. The summed E-state index contributed by atoms with van der Waals surface area (Å²) in [7, 11) is 0. The molecule has 0 aliphatic heterocycles. The van der Waals surface area contributed by atoms with E-state index in [0.717, 1.165) is 5.25 Å². The monoisotopic (exact) mass is 174 g/mol. The molecule has 0 aromatic rings. The number of thioether (sulfide) groups is 1.